The van der Waals surface area contributed by atoms with Crippen molar-refractivity contribution in [1.29, 1.82) is 0 Å². The maximum atomic E-state index is 15.2. The number of anilines is 2. The van der Waals surface area contributed by atoms with Gasteiger partial charge in [0.05, 0.1) is 43.7 Å². The van der Waals surface area contributed by atoms with E-state index in [4.69, 9.17) is 18.9 Å². The summed E-state index contributed by atoms with van der Waals surface area (Å²) in [4.78, 5) is 8.81. The molecule has 4 aromatic rings. The number of ether oxygens (including phenoxy) is 4. The van der Waals surface area contributed by atoms with E-state index < -0.39 is 15.8 Å². The fraction of sp³-hybridized carbons (Fsp3) is 0.400. The first-order chi connectivity index (χ1) is 19.3. The summed E-state index contributed by atoms with van der Waals surface area (Å²) in [6.07, 6.45) is 8.42. The number of aryl methyl sites for hydroxylation is 1. The third-order valence-corrected chi connectivity index (χ3v) is 7.58. The van der Waals surface area contributed by atoms with E-state index in [1.54, 1.807) is 24.7 Å². The second-order valence-corrected chi connectivity index (χ2v) is 10.7. The molecular weight excluding hydrogens is 545 g/mol. The summed E-state index contributed by atoms with van der Waals surface area (Å²) in [6.45, 7) is 1.25. The van der Waals surface area contributed by atoms with E-state index in [0.29, 0.717) is 35.9 Å². The Labute approximate surface area is 230 Å². The SMILES string of the molecule is CNc1nc(OCCOC2CCCCO2)cn2c(-c3cc(F)c(OC)c(NS(=O)(=O)c4cnn(C)c4)c3)cnc12. The molecule has 0 spiro atoms. The Morgan fingerprint density at radius 1 is 1.20 bits per heavy atom. The number of nitrogens with zero attached hydrogens (tertiary/aromatic N) is 5. The van der Waals surface area contributed by atoms with Crippen molar-refractivity contribution < 1.29 is 31.8 Å². The zero-order chi connectivity index (χ0) is 28.3. The van der Waals surface area contributed by atoms with Crippen molar-refractivity contribution in [3.63, 3.8) is 0 Å². The third-order valence-electron chi connectivity index (χ3n) is 6.26. The van der Waals surface area contributed by atoms with E-state index in [9.17, 15) is 8.42 Å². The van der Waals surface area contributed by atoms with Gasteiger partial charge in [0.25, 0.3) is 10.0 Å². The van der Waals surface area contributed by atoms with Crippen LogP contribution >= 0.6 is 0 Å². The van der Waals surface area contributed by atoms with Gasteiger partial charge in [0.2, 0.25) is 5.88 Å². The average molecular weight is 576 g/mol. The molecule has 0 radical (unpaired) electrons. The predicted molar refractivity (Wildman–Crippen MR) is 144 cm³/mol. The van der Waals surface area contributed by atoms with Crippen molar-refractivity contribution in [1.82, 2.24) is 24.1 Å². The molecular formula is C25H30FN7O6S. The van der Waals surface area contributed by atoms with Gasteiger partial charge in [-0.25, -0.2) is 17.8 Å². The number of halogens is 1. The molecule has 2 N–H and O–H groups in total. The van der Waals surface area contributed by atoms with Crippen LogP contribution in [-0.4, -0.2) is 72.8 Å². The Kier molecular flexibility index (Phi) is 8.04. The smallest absolute Gasteiger partial charge is 0.265 e. The normalized spacial score (nSPS) is 15.8. The molecule has 15 heteroatoms. The highest BCUT2D eigenvalue weighted by atomic mass is 32.2. The first-order valence-corrected chi connectivity index (χ1v) is 14.1. The van der Waals surface area contributed by atoms with Crippen molar-refractivity contribution in [3.05, 3.63) is 42.7 Å². The average Bonchev–Trinajstić information content (AvgIpc) is 3.58. The molecule has 1 aliphatic heterocycles. The van der Waals surface area contributed by atoms with Crippen molar-refractivity contribution in [2.75, 3.05) is 44.0 Å². The number of fused-ring (bicyclic) bond motifs is 1. The maximum Gasteiger partial charge on any atom is 0.265 e. The van der Waals surface area contributed by atoms with Crippen molar-refractivity contribution in [2.45, 2.75) is 30.4 Å². The molecule has 1 aromatic carbocycles. The van der Waals surface area contributed by atoms with Gasteiger partial charge in [0.15, 0.2) is 29.3 Å². The predicted octanol–water partition coefficient (Wildman–Crippen LogP) is 3.04. The van der Waals surface area contributed by atoms with Gasteiger partial charge >= 0.3 is 0 Å². The molecule has 0 bridgehead atoms. The zero-order valence-electron chi connectivity index (χ0n) is 22.3. The molecule has 5 rings (SSSR count). The summed E-state index contributed by atoms with van der Waals surface area (Å²) in [5.41, 5.74) is 1.18. The van der Waals surface area contributed by atoms with Crippen molar-refractivity contribution >= 4 is 27.2 Å². The molecule has 214 valence electrons. The highest BCUT2D eigenvalue weighted by Gasteiger charge is 2.23. The number of sulfonamides is 1. The lowest BCUT2D eigenvalue weighted by molar-refractivity contribution is -0.165. The van der Waals surface area contributed by atoms with Crippen LogP contribution in [0.4, 0.5) is 15.9 Å². The van der Waals surface area contributed by atoms with Crippen molar-refractivity contribution in [3.8, 4) is 22.9 Å². The van der Waals surface area contributed by atoms with Gasteiger partial charge in [0, 0.05) is 32.5 Å². The fourth-order valence-electron chi connectivity index (χ4n) is 4.35. The minimum absolute atomic E-state index is 0.0803. The van der Waals surface area contributed by atoms with Gasteiger partial charge in [-0.1, -0.05) is 0 Å². The lowest BCUT2D eigenvalue weighted by Crippen LogP contribution is -2.24. The Morgan fingerprint density at radius 2 is 2.05 bits per heavy atom. The number of rotatable bonds is 11. The number of hydrogen-bond donors (Lipinski definition) is 2. The van der Waals surface area contributed by atoms with E-state index in [1.807, 2.05) is 0 Å². The second kappa shape index (κ2) is 11.7. The molecule has 40 heavy (non-hydrogen) atoms. The molecule has 13 nitrogen and oxygen atoms in total. The Bertz CT molecular complexity index is 1600. The van der Waals surface area contributed by atoms with Crippen LogP contribution in [0, 0.1) is 5.82 Å². The van der Waals surface area contributed by atoms with Crippen LogP contribution in [0.15, 0.2) is 41.8 Å². The monoisotopic (exact) mass is 575 g/mol. The van der Waals surface area contributed by atoms with E-state index in [0.717, 1.165) is 19.3 Å². The van der Waals surface area contributed by atoms with Crippen LogP contribution in [0.5, 0.6) is 11.6 Å². The summed E-state index contributed by atoms with van der Waals surface area (Å²) in [5, 5.41) is 6.88. The minimum atomic E-state index is -4.07. The number of nitrogens with one attached hydrogen (secondary N) is 2. The summed E-state index contributed by atoms with van der Waals surface area (Å²) >= 11 is 0. The maximum absolute atomic E-state index is 15.2. The van der Waals surface area contributed by atoms with Gasteiger partial charge in [-0.05, 0) is 31.4 Å². The van der Waals surface area contributed by atoms with E-state index >= 15 is 4.39 Å². The largest absolute Gasteiger partial charge is 0.492 e. The molecule has 1 saturated heterocycles. The molecule has 0 amide bonds. The summed E-state index contributed by atoms with van der Waals surface area (Å²) in [7, 11) is 0.474. The van der Waals surface area contributed by atoms with Crippen LogP contribution in [-0.2, 0) is 26.5 Å². The summed E-state index contributed by atoms with van der Waals surface area (Å²) in [5.74, 6) is -0.295. The first-order valence-electron chi connectivity index (χ1n) is 12.6. The van der Waals surface area contributed by atoms with Gasteiger partial charge in [-0.15, -0.1) is 0 Å². The number of imidazole rings is 1. The van der Waals surface area contributed by atoms with Gasteiger partial charge in [-0.2, -0.15) is 10.1 Å². The number of hydrogen-bond acceptors (Lipinski definition) is 10. The van der Waals surface area contributed by atoms with Crippen LogP contribution in [0.3, 0.4) is 0 Å². The zero-order valence-corrected chi connectivity index (χ0v) is 23.1. The summed E-state index contributed by atoms with van der Waals surface area (Å²) < 4.78 is 68.8. The number of methoxy groups -OCH3 is 1. The second-order valence-electron chi connectivity index (χ2n) is 9.02. The standard InChI is InChI=1S/C25H30FN7O6S/c1-27-24-25-28-13-20(33(25)15-21(30-24)37-8-9-39-22-6-4-5-7-38-22)16-10-18(26)23(36-3)19(11-16)31-40(34,35)17-12-29-32(2)14-17/h10-15,22,31H,4-9H2,1-3H3,(H,27,30). The lowest BCUT2D eigenvalue weighted by Gasteiger charge is -2.22. The molecule has 3 aromatic heterocycles. The van der Waals surface area contributed by atoms with Crippen LogP contribution in [0.2, 0.25) is 0 Å². The first kappa shape index (κ1) is 27.6. The van der Waals surface area contributed by atoms with E-state index in [2.05, 4.69) is 25.1 Å². The van der Waals surface area contributed by atoms with Crippen molar-refractivity contribution in [2.24, 2.45) is 7.05 Å². The Hall–Kier alpha value is -3.95. The van der Waals surface area contributed by atoms with Gasteiger partial charge < -0.3 is 24.3 Å². The minimum Gasteiger partial charge on any atom is -0.492 e. The highest BCUT2D eigenvalue weighted by molar-refractivity contribution is 7.92. The molecule has 0 aliphatic carbocycles. The third kappa shape index (κ3) is 5.80. The lowest BCUT2D eigenvalue weighted by atomic mass is 10.1. The fourth-order valence-corrected chi connectivity index (χ4v) is 5.39. The van der Waals surface area contributed by atoms with Crippen LogP contribution < -0.4 is 19.5 Å². The molecule has 1 aliphatic rings. The molecule has 1 atom stereocenters. The number of benzene rings is 1. The summed E-state index contributed by atoms with van der Waals surface area (Å²) in [6, 6.07) is 2.71. The molecule has 1 unspecified atom stereocenters. The Balaban J connectivity index is 1.44. The molecule has 4 heterocycles. The van der Waals surface area contributed by atoms with Crippen LogP contribution in [0.25, 0.3) is 16.9 Å². The quantitative estimate of drug-likeness (QED) is 0.256. The van der Waals surface area contributed by atoms with E-state index in [1.165, 1.54) is 42.5 Å². The molecule has 0 saturated carbocycles. The number of aromatic nitrogens is 5. The molecule has 1 fully saturated rings. The Morgan fingerprint density at radius 3 is 2.75 bits per heavy atom. The topological polar surface area (TPSA) is 143 Å². The van der Waals surface area contributed by atoms with Crippen LogP contribution in [0.1, 0.15) is 19.3 Å². The highest BCUT2D eigenvalue weighted by Crippen LogP contribution is 2.36. The van der Waals surface area contributed by atoms with Gasteiger partial charge in [0.1, 0.15) is 11.5 Å². The van der Waals surface area contributed by atoms with E-state index in [-0.39, 0.29) is 35.1 Å². The van der Waals surface area contributed by atoms with Gasteiger partial charge in [-0.3, -0.25) is 13.8 Å².